The van der Waals surface area contributed by atoms with E-state index in [1.165, 1.54) is 13.8 Å². The van der Waals surface area contributed by atoms with Crippen LogP contribution in [0.1, 0.15) is 39.5 Å². The van der Waals surface area contributed by atoms with Gasteiger partial charge in [-0.1, -0.05) is 0 Å². The zero-order valence-electron chi connectivity index (χ0n) is 9.28. The van der Waals surface area contributed by atoms with Crippen LogP contribution in [0.4, 0.5) is 0 Å². The van der Waals surface area contributed by atoms with Crippen molar-refractivity contribution >= 4 is 43.4 Å². The van der Waals surface area contributed by atoms with Crippen LogP contribution in [0.25, 0.3) is 0 Å². The Balaban J connectivity index is 3.63. The maximum atomic E-state index is 11.2. The summed E-state index contributed by atoms with van der Waals surface area (Å²) in [6.45, 7) is 2.84. The average molecular weight is 262 g/mol. The van der Waals surface area contributed by atoms with Crippen LogP contribution in [0, 0.1) is 0 Å². The van der Waals surface area contributed by atoms with Gasteiger partial charge in [0.1, 0.15) is 11.6 Å². The second-order valence-electron chi connectivity index (χ2n) is 3.31. The lowest BCUT2D eigenvalue weighted by Crippen LogP contribution is -1.98. The van der Waals surface area contributed by atoms with E-state index in [9.17, 15) is 19.2 Å². The molecular formula is C10H14O4S2. The van der Waals surface area contributed by atoms with E-state index in [-0.39, 0.29) is 47.5 Å². The van der Waals surface area contributed by atoms with Gasteiger partial charge in [-0.15, -0.1) is 0 Å². The Hall–Kier alpha value is -0.620. The summed E-state index contributed by atoms with van der Waals surface area (Å²) in [5.74, 6) is -0.0799. The summed E-state index contributed by atoms with van der Waals surface area (Å²) >= 11 is 0. The van der Waals surface area contributed by atoms with Crippen molar-refractivity contribution in [2.75, 3.05) is 0 Å². The van der Waals surface area contributed by atoms with E-state index in [1.54, 1.807) is 0 Å². The molecule has 0 aromatic rings. The molecule has 0 saturated carbocycles. The smallest absolute Gasteiger partial charge is 0.200 e. The molecule has 0 rings (SSSR count). The Morgan fingerprint density at radius 1 is 0.688 bits per heavy atom. The zero-order chi connectivity index (χ0) is 12.6. The Morgan fingerprint density at radius 2 is 1.00 bits per heavy atom. The lowest BCUT2D eigenvalue weighted by molar-refractivity contribution is -0.119. The largest absolute Gasteiger partial charge is 0.300 e. The fraction of sp³-hybridized carbons (Fsp3) is 0.600. The molecule has 0 amide bonds. The summed E-state index contributed by atoms with van der Waals surface area (Å²) in [6, 6.07) is 0. The third kappa shape index (κ3) is 9.92. The molecule has 6 heteroatoms. The summed E-state index contributed by atoms with van der Waals surface area (Å²) in [7, 11) is 1.69. The maximum absolute atomic E-state index is 11.2. The molecule has 0 bridgehead atoms. The van der Waals surface area contributed by atoms with Gasteiger partial charge in [-0.2, -0.15) is 0 Å². The maximum Gasteiger partial charge on any atom is 0.200 e. The molecule has 0 unspecified atom stereocenters. The Labute approximate surface area is 102 Å². The van der Waals surface area contributed by atoms with Gasteiger partial charge in [0.25, 0.3) is 0 Å². The molecule has 0 radical (unpaired) electrons. The summed E-state index contributed by atoms with van der Waals surface area (Å²) < 4.78 is 0. The van der Waals surface area contributed by atoms with Gasteiger partial charge in [0.2, 0.25) is 0 Å². The van der Waals surface area contributed by atoms with E-state index in [1.807, 2.05) is 0 Å². The lowest BCUT2D eigenvalue weighted by atomic mass is 10.2. The van der Waals surface area contributed by atoms with Crippen LogP contribution in [-0.2, 0) is 19.2 Å². The quantitative estimate of drug-likeness (QED) is 0.683. The number of hydrogen-bond donors (Lipinski definition) is 0. The van der Waals surface area contributed by atoms with Crippen LogP contribution in [0.3, 0.4) is 0 Å². The molecule has 0 saturated heterocycles. The van der Waals surface area contributed by atoms with E-state index in [2.05, 4.69) is 0 Å². The van der Waals surface area contributed by atoms with Gasteiger partial charge in [0.15, 0.2) is 10.2 Å². The Bertz CT molecular complexity index is 269. The normalized spacial score (nSPS) is 9.88. The molecule has 0 heterocycles. The van der Waals surface area contributed by atoms with Gasteiger partial charge in [-0.3, -0.25) is 9.59 Å². The van der Waals surface area contributed by atoms with E-state index < -0.39 is 0 Å². The van der Waals surface area contributed by atoms with E-state index in [0.717, 1.165) is 21.6 Å². The number of Topliss-reactive ketones (excluding diaryl/α,β-unsaturated/α-hetero) is 2. The van der Waals surface area contributed by atoms with Crippen molar-refractivity contribution < 1.29 is 19.2 Å². The topological polar surface area (TPSA) is 68.3 Å². The first-order valence-electron chi connectivity index (χ1n) is 4.81. The molecule has 4 nitrogen and oxygen atoms in total. The third-order valence-corrected chi connectivity index (χ3v) is 3.82. The highest BCUT2D eigenvalue weighted by Gasteiger charge is 2.10. The van der Waals surface area contributed by atoms with E-state index in [4.69, 9.17) is 0 Å². The highest BCUT2D eigenvalue weighted by molar-refractivity contribution is 8.87. The molecule has 0 aromatic heterocycles. The first-order valence-corrected chi connectivity index (χ1v) is 6.96. The number of carbonyl (C=O) groups is 4. The second-order valence-corrected chi connectivity index (χ2v) is 5.56. The summed E-state index contributed by atoms with van der Waals surface area (Å²) in [4.78, 5) is 43.5. The van der Waals surface area contributed by atoms with Crippen LogP contribution < -0.4 is 0 Å². The van der Waals surface area contributed by atoms with Gasteiger partial charge in [-0.25, -0.2) is 0 Å². The van der Waals surface area contributed by atoms with Crippen LogP contribution in [0.15, 0.2) is 0 Å². The van der Waals surface area contributed by atoms with Crippen molar-refractivity contribution in [2.45, 2.75) is 39.5 Å². The molecule has 0 spiro atoms. The SMILES string of the molecule is CC(=O)CCC(=O)SSC(=O)CCC(C)=O. The fourth-order valence-corrected chi connectivity index (χ4v) is 2.35. The first-order chi connectivity index (χ1) is 7.41. The van der Waals surface area contributed by atoms with E-state index >= 15 is 0 Å². The Kier molecular flexibility index (Phi) is 8.19. The van der Waals surface area contributed by atoms with Gasteiger partial charge in [0, 0.05) is 25.7 Å². The molecule has 16 heavy (non-hydrogen) atoms. The highest BCUT2D eigenvalue weighted by atomic mass is 33.1. The third-order valence-electron chi connectivity index (χ3n) is 1.59. The Morgan fingerprint density at radius 3 is 1.25 bits per heavy atom. The number of carbonyl (C=O) groups excluding carboxylic acids is 4. The standard InChI is InChI=1S/C10H14O4S2/c1-7(11)3-5-9(13)15-16-10(14)6-4-8(2)12/h3-6H2,1-2H3. The number of ketones is 2. The molecule has 0 aliphatic rings. The monoisotopic (exact) mass is 262 g/mol. The minimum Gasteiger partial charge on any atom is -0.300 e. The van der Waals surface area contributed by atoms with Crippen molar-refractivity contribution in [3.8, 4) is 0 Å². The molecule has 0 aliphatic carbocycles. The molecule has 0 aromatic carbocycles. The van der Waals surface area contributed by atoms with Gasteiger partial charge >= 0.3 is 0 Å². The lowest BCUT2D eigenvalue weighted by Gasteiger charge is -1.98. The van der Waals surface area contributed by atoms with Crippen molar-refractivity contribution in [3.05, 3.63) is 0 Å². The summed E-state index contributed by atoms with van der Waals surface area (Å²) in [5.41, 5.74) is 0. The molecule has 90 valence electrons. The predicted molar refractivity (Wildman–Crippen MR) is 65.0 cm³/mol. The summed E-state index contributed by atoms with van der Waals surface area (Å²) in [5, 5.41) is -0.368. The van der Waals surface area contributed by atoms with Crippen LogP contribution >= 0.6 is 21.6 Å². The van der Waals surface area contributed by atoms with Gasteiger partial charge in [-0.05, 0) is 35.4 Å². The predicted octanol–water partition coefficient (Wildman–Crippen LogP) is 2.16. The molecule has 0 atom stereocenters. The fourth-order valence-electron chi connectivity index (χ4n) is 0.732. The minimum atomic E-state index is -0.184. The first kappa shape index (κ1) is 15.4. The van der Waals surface area contributed by atoms with Crippen LogP contribution in [0.2, 0.25) is 0 Å². The van der Waals surface area contributed by atoms with Crippen molar-refractivity contribution in [1.29, 1.82) is 0 Å². The van der Waals surface area contributed by atoms with Crippen LogP contribution in [-0.4, -0.2) is 21.8 Å². The minimum absolute atomic E-state index is 0.0399. The molecule has 0 N–H and O–H groups in total. The van der Waals surface area contributed by atoms with Crippen molar-refractivity contribution in [2.24, 2.45) is 0 Å². The molecule has 0 aliphatic heterocycles. The van der Waals surface area contributed by atoms with Crippen molar-refractivity contribution in [1.82, 2.24) is 0 Å². The van der Waals surface area contributed by atoms with Gasteiger partial charge < -0.3 is 9.59 Å². The van der Waals surface area contributed by atoms with Crippen LogP contribution in [0.5, 0.6) is 0 Å². The molecule has 0 fully saturated rings. The highest BCUT2D eigenvalue weighted by Crippen LogP contribution is 2.26. The average Bonchev–Trinajstić information content (AvgIpc) is 2.20. The number of rotatable bonds is 6. The molecular weight excluding hydrogens is 248 g/mol. The summed E-state index contributed by atoms with van der Waals surface area (Å²) in [6.07, 6.45) is 0.752. The second kappa shape index (κ2) is 8.52. The zero-order valence-corrected chi connectivity index (χ0v) is 10.9. The van der Waals surface area contributed by atoms with E-state index in [0.29, 0.717) is 0 Å². The number of hydrogen-bond acceptors (Lipinski definition) is 6. The van der Waals surface area contributed by atoms with Gasteiger partial charge in [0.05, 0.1) is 0 Å². The van der Waals surface area contributed by atoms with Crippen molar-refractivity contribution in [3.63, 3.8) is 0 Å².